The van der Waals surface area contributed by atoms with Crippen molar-refractivity contribution in [2.45, 2.75) is 18.6 Å². The number of nitrogens with two attached hydrogens (primary N) is 1. The maximum atomic E-state index is 13.5. The molecule has 19 heavy (non-hydrogen) atoms. The molecule has 0 radical (unpaired) electrons. The average Bonchev–Trinajstić information content (AvgIpc) is 2.82. The molecular formula is C12H14F4N2S. The molecule has 7 heteroatoms. The summed E-state index contributed by atoms with van der Waals surface area (Å²) in [4.78, 5) is 0. The van der Waals surface area contributed by atoms with Crippen molar-refractivity contribution >= 4 is 11.8 Å². The van der Waals surface area contributed by atoms with Crippen LogP contribution in [-0.2, 0) is 6.18 Å². The first-order valence-corrected chi connectivity index (χ1v) is 6.99. The molecule has 1 saturated heterocycles. The molecule has 2 nitrogen and oxygen atoms in total. The Morgan fingerprint density at radius 2 is 2.11 bits per heavy atom. The van der Waals surface area contributed by atoms with Gasteiger partial charge in [-0.25, -0.2) is 4.39 Å². The van der Waals surface area contributed by atoms with Crippen LogP contribution in [0.4, 0.5) is 17.6 Å². The van der Waals surface area contributed by atoms with Crippen molar-refractivity contribution in [1.82, 2.24) is 5.43 Å². The zero-order valence-electron chi connectivity index (χ0n) is 10.0. The Labute approximate surface area is 112 Å². The Bertz CT molecular complexity index is 444. The molecule has 1 aromatic rings. The van der Waals surface area contributed by atoms with E-state index in [1.807, 2.05) is 0 Å². The molecule has 0 amide bonds. The molecule has 2 unspecified atom stereocenters. The van der Waals surface area contributed by atoms with Crippen molar-refractivity contribution in [3.63, 3.8) is 0 Å². The summed E-state index contributed by atoms with van der Waals surface area (Å²) >= 11 is 1.76. The molecule has 3 N–H and O–H groups in total. The summed E-state index contributed by atoms with van der Waals surface area (Å²) in [5.74, 6) is 6.28. The monoisotopic (exact) mass is 294 g/mol. The topological polar surface area (TPSA) is 38.0 Å². The highest BCUT2D eigenvalue weighted by Crippen LogP contribution is 2.36. The van der Waals surface area contributed by atoms with E-state index >= 15 is 0 Å². The van der Waals surface area contributed by atoms with E-state index in [0.717, 1.165) is 30.1 Å². The summed E-state index contributed by atoms with van der Waals surface area (Å²) in [6, 6.07) is 2.68. The molecule has 2 rings (SSSR count). The first-order chi connectivity index (χ1) is 8.93. The summed E-state index contributed by atoms with van der Waals surface area (Å²) in [5.41, 5.74) is 1.80. The number of nitrogens with one attached hydrogen (secondary N) is 1. The summed E-state index contributed by atoms with van der Waals surface area (Å²) in [6.45, 7) is 0. The molecular weight excluding hydrogens is 280 g/mol. The van der Waals surface area contributed by atoms with Crippen LogP contribution in [0.25, 0.3) is 0 Å². The van der Waals surface area contributed by atoms with Gasteiger partial charge in [0.2, 0.25) is 0 Å². The summed E-state index contributed by atoms with van der Waals surface area (Å²) in [6.07, 6.45) is -3.75. The van der Waals surface area contributed by atoms with Crippen LogP contribution in [0, 0.1) is 11.7 Å². The predicted molar refractivity (Wildman–Crippen MR) is 66.9 cm³/mol. The van der Waals surface area contributed by atoms with Gasteiger partial charge in [0.25, 0.3) is 0 Å². The summed E-state index contributed by atoms with van der Waals surface area (Å²) < 4.78 is 51.0. The van der Waals surface area contributed by atoms with Gasteiger partial charge in [-0.1, -0.05) is 6.07 Å². The second-order valence-electron chi connectivity index (χ2n) is 4.51. The van der Waals surface area contributed by atoms with Gasteiger partial charge in [-0.15, -0.1) is 0 Å². The molecule has 0 aromatic heterocycles. The molecule has 0 spiro atoms. The normalized spacial score (nSPS) is 21.6. The number of hydrazine groups is 1. The fourth-order valence-corrected chi connectivity index (χ4v) is 3.57. The minimum Gasteiger partial charge on any atom is -0.271 e. The number of thioether (sulfide) groups is 1. The largest absolute Gasteiger partial charge is 0.419 e. The molecule has 106 valence electrons. The van der Waals surface area contributed by atoms with Crippen LogP contribution in [0.3, 0.4) is 0 Å². The highest BCUT2D eigenvalue weighted by molar-refractivity contribution is 7.99. The number of rotatable bonds is 3. The number of hydrogen-bond acceptors (Lipinski definition) is 3. The van der Waals surface area contributed by atoms with E-state index in [0.29, 0.717) is 5.56 Å². The second kappa shape index (κ2) is 5.68. The summed E-state index contributed by atoms with van der Waals surface area (Å²) in [5, 5.41) is 0. The first kappa shape index (κ1) is 14.6. The van der Waals surface area contributed by atoms with Crippen LogP contribution in [-0.4, -0.2) is 11.5 Å². The van der Waals surface area contributed by atoms with Crippen molar-refractivity contribution < 1.29 is 17.6 Å². The van der Waals surface area contributed by atoms with E-state index in [2.05, 4.69) is 5.43 Å². The van der Waals surface area contributed by atoms with Crippen molar-refractivity contribution in [2.75, 3.05) is 11.5 Å². The molecule has 1 heterocycles. The standard InChI is InChI=1S/C12H14F4N2S/c13-10-5-7(1-2-9(10)12(14,15)16)11(18-17)8-3-4-19-6-8/h1-2,5,8,11,18H,3-4,6,17H2. The maximum Gasteiger partial charge on any atom is 0.419 e. The minimum atomic E-state index is -4.67. The zero-order valence-corrected chi connectivity index (χ0v) is 10.8. The average molecular weight is 294 g/mol. The molecule has 0 bridgehead atoms. The van der Waals surface area contributed by atoms with Crippen molar-refractivity contribution in [1.29, 1.82) is 0 Å². The SMILES string of the molecule is NNC(c1ccc(C(F)(F)F)c(F)c1)C1CCSC1. The number of benzene rings is 1. The van der Waals surface area contributed by atoms with Gasteiger partial charge < -0.3 is 0 Å². The van der Waals surface area contributed by atoms with Crippen LogP contribution in [0.5, 0.6) is 0 Å². The van der Waals surface area contributed by atoms with E-state index in [9.17, 15) is 17.6 Å². The molecule has 1 fully saturated rings. The van der Waals surface area contributed by atoms with Gasteiger partial charge in [-0.2, -0.15) is 24.9 Å². The van der Waals surface area contributed by atoms with Crippen LogP contribution in [0.2, 0.25) is 0 Å². The van der Waals surface area contributed by atoms with Gasteiger partial charge in [0, 0.05) is 6.04 Å². The number of halogens is 4. The van der Waals surface area contributed by atoms with E-state index in [1.165, 1.54) is 6.07 Å². The lowest BCUT2D eigenvalue weighted by molar-refractivity contribution is -0.140. The fraction of sp³-hybridized carbons (Fsp3) is 0.500. The zero-order chi connectivity index (χ0) is 14.0. The van der Waals surface area contributed by atoms with Gasteiger partial charge in [-0.3, -0.25) is 11.3 Å². The van der Waals surface area contributed by atoms with Crippen molar-refractivity contribution in [3.05, 3.63) is 35.1 Å². The first-order valence-electron chi connectivity index (χ1n) is 5.84. The number of alkyl halides is 3. The highest BCUT2D eigenvalue weighted by Gasteiger charge is 2.35. The van der Waals surface area contributed by atoms with Crippen LogP contribution in [0.1, 0.15) is 23.6 Å². The predicted octanol–water partition coefficient (Wildman–Crippen LogP) is 3.10. The molecule has 1 aromatic carbocycles. The minimum absolute atomic E-state index is 0.214. The molecule has 1 aliphatic rings. The van der Waals surface area contributed by atoms with E-state index in [-0.39, 0.29) is 12.0 Å². The smallest absolute Gasteiger partial charge is 0.271 e. The second-order valence-corrected chi connectivity index (χ2v) is 5.65. The van der Waals surface area contributed by atoms with Crippen molar-refractivity contribution in [2.24, 2.45) is 11.8 Å². The Balaban J connectivity index is 2.27. The molecule has 0 aliphatic carbocycles. The van der Waals surface area contributed by atoms with Gasteiger partial charge in [-0.05, 0) is 41.5 Å². The van der Waals surface area contributed by atoms with Gasteiger partial charge in [0.15, 0.2) is 0 Å². The van der Waals surface area contributed by atoms with E-state index in [1.54, 1.807) is 11.8 Å². The third-order valence-electron chi connectivity index (χ3n) is 3.27. The Morgan fingerprint density at radius 1 is 1.37 bits per heavy atom. The lowest BCUT2D eigenvalue weighted by Gasteiger charge is -2.23. The van der Waals surface area contributed by atoms with Gasteiger partial charge in [0.05, 0.1) is 5.56 Å². The Kier molecular flexibility index (Phi) is 4.37. The molecule has 2 atom stereocenters. The van der Waals surface area contributed by atoms with E-state index < -0.39 is 17.6 Å². The summed E-state index contributed by atoms with van der Waals surface area (Å²) in [7, 11) is 0. The molecule has 0 saturated carbocycles. The lowest BCUT2D eigenvalue weighted by Crippen LogP contribution is -2.33. The van der Waals surface area contributed by atoms with E-state index in [4.69, 9.17) is 5.84 Å². The quantitative estimate of drug-likeness (QED) is 0.511. The third-order valence-corrected chi connectivity index (χ3v) is 4.46. The fourth-order valence-electron chi connectivity index (χ4n) is 2.27. The Hall–Kier alpha value is -0.790. The lowest BCUT2D eigenvalue weighted by atomic mass is 9.92. The van der Waals surface area contributed by atoms with Gasteiger partial charge >= 0.3 is 6.18 Å². The Morgan fingerprint density at radius 3 is 2.58 bits per heavy atom. The van der Waals surface area contributed by atoms with Crippen LogP contribution < -0.4 is 11.3 Å². The number of hydrogen-bond donors (Lipinski definition) is 2. The van der Waals surface area contributed by atoms with Crippen LogP contribution >= 0.6 is 11.8 Å². The van der Waals surface area contributed by atoms with Crippen molar-refractivity contribution in [3.8, 4) is 0 Å². The molecule has 1 aliphatic heterocycles. The van der Waals surface area contributed by atoms with Crippen LogP contribution in [0.15, 0.2) is 18.2 Å². The highest BCUT2D eigenvalue weighted by atomic mass is 32.2. The van der Waals surface area contributed by atoms with Gasteiger partial charge in [0.1, 0.15) is 5.82 Å². The maximum absolute atomic E-state index is 13.5. The third kappa shape index (κ3) is 3.21.